The van der Waals surface area contributed by atoms with Crippen molar-refractivity contribution in [3.8, 4) is 11.3 Å². The molecule has 0 saturated carbocycles. The maximum atomic E-state index is 4.64. The zero-order valence-corrected chi connectivity index (χ0v) is 12.1. The highest BCUT2D eigenvalue weighted by atomic mass is 32.1. The Morgan fingerprint density at radius 3 is 2.55 bits per heavy atom. The molecule has 0 fully saturated rings. The molecule has 0 spiro atoms. The minimum absolute atomic E-state index is 0.705. The average molecular weight is 282 g/mol. The quantitative estimate of drug-likeness (QED) is 0.790. The molecule has 0 saturated heterocycles. The van der Waals surface area contributed by atoms with Crippen molar-refractivity contribution in [1.29, 1.82) is 0 Å². The number of aryl methyl sites for hydroxylation is 2. The zero-order valence-electron chi connectivity index (χ0n) is 11.3. The number of aromatic nitrogens is 3. The van der Waals surface area contributed by atoms with E-state index in [0.717, 1.165) is 16.4 Å². The molecule has 1 aromatic carbocycles. The van der Waals surface area contributed by atoms with Crippen molar-refractivity contribution in [1.82, 2.24) is 15.0 Å². The number of rotatable bonds is 3. The summed E-state index contributed by atoms with van der Waals surface area (Å²) in [7, 11) is 0. The molecule has 0 atom stereocenters. The molecule has 0 unspecified atom stereocenters. The summed E-state index contributed by atoms with van der Waals surface area (Å²) in [6, 6.07) is 8.40. The van der Waals surface area contributed by atoms with Crippen molar-refractivity contribution >= 4 is 22.3 Å². The largest absolute Gasteiger partial charge is 0.315 e. The monoisotopic (exact) mass is 282 g/mol. The van der Waals surface area contributed by atoms with Crippen LogP contribution < -0.4 is 5.32 Å². The van der Waals surface area contributed by atoms with Gasteiger partial charge in [-0.2, -0.15) is 0 Å². The summed E-state index contributed by atoms with van der Waals surface area (Å²) in [5, 5.41) is 4.01. The smallest absolute Gasteiger partial charge is 0.189 e. The Balaban J connectivity index is 1.89. The van der Waals surface area contributed by atoms with Gasteiger partial charge in [-0.1, -0.05) is 29.8 Å². The Morgan fingerprint density at radius 2 is 1.85 bits per heavy atom. The molecule has 5 heteroatoms. The number of nitrogens with zero attached hydrogens (tertiary/aromatic N) is 3. The fraction of sp³-hybridized carbons (Fsp3) is 0.133. The van der Waals surface area contributed by atoms with Gasteiger partial charge in [0.1, 0.15) is 0 Å². The van der Waals surface area contributed by atoms with Gasteiger partial charge in [-0.3, -0.25) is 4.98 Å². The summed E-state index contributed by atoms with van der Waals surface area (Å²) in [6.45, 7) is 4.16. The van der Waals surface area contributed by atoms with Gasteiger partial charge in [0.25, 0.3) is 0 Å². The van der Waals surface area contributed by atoms with E-state index >= 15 is 0 Å². The minimum atomic E-state index is 0.705. The molecule has 100 valence electrons. The van der Waals surface area contributed by atoms with Gasteiger partial charge in [0, 0.05) is 22.8 Å². The molecule has 3 aromatic rings. The van der Waals surface area contributed by atoms with Crippen LogP contribution in [0.15, 0.2) is 42.9 Å². The molecule has 0 aliphatic carbocycles. The first kappa shape index (κ1) is 12.7. The van der Waals surface area contributed by atoms with Crippen molar-refractivity contribution < 1.29 is 0 Å². The Morgan fingerprint density at radius 1 is 1.05 bits per heavy atom. The van der Waals surface area contributed by atoms with Gasteiger partial charge < -0.3 is 5.32 Å². The Kier molecular flexibility index (Phi) is 3.43. The van der Waals surface area contributed by atoms with E-state index in [1.54, 1.807) is 29.9 Å². The van der Waals surface area contributed by atoms with E-state index in [2.05, 4.69) is 58.4 Å². The third kappa shape index (κ3) is 2.67. The molecular weight excluding hydrogens is 268 g/mol. The molecule has 3 rings (SSSR count). The predicted octanol–water partition coefficient (Wildman–Crippen LogP) is 3.96. The van der Waals surface area contributed by atoms with E-state index in [-0.39, 0.29) is 0 Å². The number of hydrogen-bond donors (Lipinski definition) is 1. The highest BCUT2D eigenvalue weighted by Crippen LogP contribution is 2.31. The summed E-state index contributed by atoms with van der Waals surface area (Å²) in [5.74, 6) is 0.705. The molecule has 0 aliphatic rings. The van der Waals surface area contributed by atoms with E-state index < -0.39 is 0 Å². The number of anilines is 2. The number of benzene rings is 1. The molecule has 20 heavy (non-hydrogen) atoms. The second-order valence-electron chi connectivity index (χ2n) is 4.51. The summed E-state index contributed by atoms with van der Waals surface area (Å²) < 4.78 is 0. The molecule has 2 aromatic heterocycles. The van der Waals surface area contributed by atoms with Crippen LogP contribution in [0.25, 0.3) is 11.3 Å². The van der Waals surface area contributed by atoms with Gasteiger partial charge in [-0.25, -0.2) is 9.97 Å². The van der Waals surface area contributed by atoms with Crippen LogP contribution in [0.2, 0.25) is 0 Å². The molecule has 0 radical (unpaired) electrons. The van der Waals surface area contributed by atoms with Gasteiger partial charge in [-0.15, -0.1) is 11.3 Å². The second kappa shape index (κ2) is 5.38. The number of thiazole rings is 1. The molecular formula is C15H14N4S. The van der Waals surface area contributed by atoms with Crippen LogP contribution in [0.5, 0.6) is 0 Å². The van der Waals surface area contributed by atoms with Crippen LogP contribution in [-0.4, -0.2) is 15.0 Å². The first-order valence-corrected chi connectivity index (χ1v) is 7.11. The lowest BCUT2D eigenvalue weighted by molar-refractivity contribution is 1.19. The highest BCUT2D eigenvalue weighted by Gasteiger charge is 2.10. The molecule has 0 amide bonds. The molecule has 4 nitrogen and oxygen atoms in total. The van der Waals surface area contributed by atoms with Gasteiger partial charge >= 0.3 is 0 Å². The number of nitrogens with one attached hydrogen (secondary N) is 1. The fourth-order valence-corrected chi connectivity index (χ4v) is 2.75. The lowest BCUT2D eigenvalue weighted by Crippen LogP contribution is -1.92. The van der Waals surface area contributed by atoms with E-state index in [9.17, 15) is 0 Å². The lowest BCUT2D eigenvalue weighted by Gasteiger charge is -2.00. The van der Waals surface area contributed by atoms with Crippen molar-refractivity contribution in [3.63, 3.8) is 0 Å². The van der Waals surface area contributed by atoms with Crippen molar-refractivity contribution in [2.75, 3.05) is 5.32 Å². The normalized spacial score (nSPS) is 10.5. The fourth-order valence-electron chi connectivity index (χ4n) is 1.90. The summed E-state index contributed by atoms with van der Waals surface area (Å²) in [4.78, 5) is 14.0. The summed E-state index contributed by atoms with van der Waals surface area (Å²) in [5.41, 5.74) is 3.40. The van der Waals surface area contributed by atoms with Crippen molar-refractivity contribution in [2.24, 2.45) is 0 Å². The Labute approximate surface area is 121 Å². The first-order chi connectivity index (χ1) is 9.72. The SMILES string of the molecule is Cc1ccc(-c2nc(Nc3cnccn3)sc2C)cc1. The second-order valence-corrected chi connectivity index (χ2v) is 5.71. The van der Waals surface area contributed by atoms with E-state index in [0.29, 0.717) is 5.82 Å². The average Bonchev–Trinajstić information content (AvgIpc) is 2.81. The van der Waals surface area contributed by atoms with Gasteiger partial charge in [0.05, 0.1) is 11.9 Å². The van der Waals surface area contributed by atoms with Crippen LogP contribution in [-0.2, 0) is 0 Å². The van der Waals surface area contributed by atoms with Crippen LogP contribution in [0.3, 0.4) is 0 Å². The lowest BCUT2D eigenvalue weighted by atomic mass is 10.1. The van der Waals surface area contributed by atoms with Gasteiger partial charge in [0.2, 0.25) is 0 Å². The van der Waals surface area contributed by atoms with Gasteiger partial charge in [-0.05, 0) is 13.8 Å². The van der Waals surface area contributed by atoms with Crippen molar-refractivity contribution in [3.05, 3.63) is 53.3 Å². The molecule has 2 heterocycles. The summed E-state index contributed by atoms with van der Waals surface area (Å²) >= 11 is 1.62. The Hall–Kier alpha value is -2.27. The van der Waals surface area contributed by atoms with Crippen LogP contribution >= 0.6 is 11.3 Å². The summed E-state index contributed by atoms with van der Waals surface area (Å²) in [6.07, 6.45) is 4.99. The van der Waals surface area contributed by atoms with Crippen molar-refractivity contribution in [2.45, 2.75) is 13.8 Å². The van der Waals surface area contributed by atoms with Gasteiger partial charge in [0.15, 0.2) is 10.9 Å². The molecule has 0 bridgehead atoms. The third-order valence-corrected chi connectivity index (χ3v) is 3.81. The Bertz CT molecular complexity index is 704. The maximum absolute atomic E-state index is 4.64. The van der Waals surface area contributed by atoms with Crippen LogP contribution in [0, 0.1) is 13.8 Å². The first-order valence-electron chi connectivity index (χ1n) is 6.30. The van der Waals surface area contributed by atoms with Crippen LogP contribution in [0.4, 0.5) is 10.9 Å². The zero-order chi connectivity index (χ0) is 13.9. The highest BCUT2D eigenvalue weighted by molar-refractivity contribution is 7.16. The van der Waals surface area contributed by atoms with Crippen LogP contribution in [0.1, 0.15) is 10.4 Å². The molecule has 0 aliphatic heterocycles. The number of hydrogen-bond acceptors (Lipinski definition) is 5. The third-order valence-electron chi connectivity index (χ3n) is 2.92. The predicted molar refractivity (Wildman–Crippen MR) is 82.3 cm³/mol. The standard InChI is InChI=1S/C15H14N4S/c1-10-3-5-12(6-4-10)14-11(2)20-15(19-14)18-13-9-16-7-8-17-13/h3-9H,1-2H3,(H,17,18,19). The molecule has 1 N–H and O–H groups in total. The van der Waals surface area contributed by atoms with E-state index in [1.807, 2.05) is 0 Å². The maximum Gasteiger partial charge on any atom is 0.189 e. The topological polar surface area (TPSA) is 50.7 Å². The van der Waals surface area contributed by atoms with E-state index in [1.165, 1.54) is 10.4 Å². The van der Waals surface area contributed by atoms with E-state index in [4.69, 9.17) is 0 Å². The minimum Gasteiger partial charge on any atom is -0.315 e.